The van der Waals surface area contributed by atoms with Gasteiger partial charge in [0.1, 0.15) is 5.83 Å². The van der Waals surface area contributed by atoms with Crippen LogP contribution in [-0.2, 0) is 21.3 Å². The molecule has 0 unspecified atom stereocenters. The topological polar surface area (TPSA) is 94.6 Å². The average molecular weight is 496 g/mol. The standard InChI is InChI=1S/C23H26FN3O4S.ClH/c1-15-22(16-6-5-7-19(12-16)32(29,30)26(2)3)20-13-17(23(28)31-4)8-9-21(20)27(15)14-18(24)10-11-25;/h5-10,12-13H,11,14,25H2,1-4H3;1H/b18-10-;. The molecule has 3 aromatic rings. The lowest BCUT2D eigenvalue weighted by molar-refractivity contribution is 0.0601. The van der Waals surface area contributed by atoms with E-state index in [0.29, 0.717) is 27.6 Å². The second kappa shape index (κ2) is 10.5. The zero-order valence-electron chi connectivity index (χ0n) is 18.8. The number of hydrogen-bond acceptors (Lipinski definition) is 5. The van der Waals surface area contributed by atoms with Crippen molar-refractivity contribution in [3.63, 3.8) is 0 Å². The van der Waals surface area contributed by atoms with Gasteiger partial charge < -0.3 is 15.0 Å². The second-order valence-corrected chi connectivity index (χ2v) is 9.62. The summed E-state index contributed by atoms with van der Waals surface area (Å²) >= 11 is 0. The molecule has 0 saturated carbocycles. The molecule has 0 bridgehead atoms. The summed E-state index contributed by atoms with van der Waals surface area (Å²) in [4.78, 5) is 12.3. The third kappa shape index (κ3) is 5.11. The summed E-state index contributed by atoms with van der Waals surface area (Å²) in [6, 6.07) is 11.6. The number of sulfonamides is 1. The van der Waals surface area contributed by atoms with Crippen molar-refractivity contribution < 1.29 is 22.3 Å². The molecular weight excluding hydrogens is 469 g/mol. The molecule has 33 heavy (non-hydrogen) atoms. The lowest BCUT2D eigenvalue weighted by Gasteiger charge is -2.13. The van der Waals surface area contributed by atoms with Crippen LogP contribution in [0.3, 0.4) is 0 Å². The van der Waals surface area contributed by atoms with Crippen molar-refractivity contribution >= 4 is 39.3 Å². The Kier molecular flexibility index (Phi) is 8.42. The van der Waals surface area contributed by atoms with Gasteiger partial charge in [0.2, 0.25) is 10.0 Å². The normalized spacial score (nSPS) is 12.2. The van der Waals surface area contributed by atoms with Crippen LogP contribution in [0, 0.1) is 6.92 Å². The van der Waals surface area contributed by atoms with Crippen molar-refractivity contribution in [2.24, 2.45) is 5.73 Å². The van der Waals surface area contributed by atoms with E-state index in [1.807, 2.05) is 6.92 Å². The molecule has 2 N–H and O–H groups in total. The highest BCUT2D eigenvalue weighted by Crippen LogP contribution is 2.37. The largest absolute Gasteiger partial charge is 0.465 e. The van der Waals surface area contributed by atoms with Crippen molar-refractivity contribution in [2.75, 3.05) is 27.7 Å². The number of methoxy groups -OCH3 is 1. The number of esters is 1. The molecule has 178 valence electrons. The van der Waals surface area contributed by atoms with Gasteiger partial charge in [-0.05, 0) is 48.9 Å². The first-order valence-corrected chi connectivity index (χ1v) is 11.3. The van der Waals surface area contributed by atoms with Gasteiger partial charge in [0.15, 0.2) is 0 Å². The number of nitrogens with zero attached hydrogens (tertiary/aromatic N) is 2. The third-order valence-electron chi connectivity index (χ3n) is 5.29. The predicted molar refractivity (Wildman–Crippen MR) is 130 cm³/mol. The molecule has 0 spiro atoms. The van der Waals surface area contributed by atoms with Crippen LogP contribution in [0.1, 0.15) is 16.1 Å². The van der Waals surface area contributed by atoms with E-state index in [0.717, 1.165) is 10.00 Å². The molecule has 3 rings (SSSR count). The molecule has 0 fully saturated rings. The Balaban J connectivity index is 0.00000385. The number of ether oxygens (including phenoxy) is 1. The Morgan fingerprint density at radius 1 is 1.21 bits per heavy atom. The smallest absolute Gasteiger partial charge is 0.337 e. The molecule has 2 aromatic carbocycles. The summed E-state index contributed by atoms with van der Waals surface area (Å²) in [6.07, 6.45) is 1.30. The number of halogens is 2. The second-order valence-electron chi connectivity index (χ2n) is 7.47. The Hall–Kier alpha value is -2.72. The predicted octanol–water partition coefficient (Wildman–Crippen LogP) is 3.89. The highest BCUT2D eigenvalue weighted by Gasteiger charge is 2.22. The van der Waals surface area contributed by atoms with Crippen LogP contribution in [0.15, 0.2) is 59.3 Å². The summed E-state index contributed by atoms with van der Waals surface area (Å²) in [7, 11) is 0.582. The van der Waals surface area contributed by atoms with Crippen molar-refractivity contribution in [2.45, 2.75) is 18.4 Å². The minimum absolute atomic E-state index is 0. The molecule has 0 aliphatic carbocycles. The number of benzene rings is 2. The van der Waals surface area contributed by atoms with E-state index in [1.54, 1.807) is 41.0 Å². The van der Waals surface area contributed by atoms with Crippen molar-refractivity contribution in [3.8, 4) is 11.1 Å². The lowest BCUT2D eigenvalue weighted by atomic mass is 10.0. The number of fused-ring (bicyclic) bond motifs is 1. The molecule has 1 heterocycles. The number of rotatable bonds is 7. The molecule has 0 amide bonds. The number of aromatic nitrogens is 1. The first-order valence-electron chi connectivity index (χ1n) is 9.90. The van der Waals surface area contributed by atoms with E-state index >= 15 is 0 Å². The Labute approximate surface area is 199 Å². The quantitative estimate of drug-likeness (QED) is 0.502. The van der Waals surface area contributed by atoms with E-state index in [-0.39, 0.29) is 36.2 Å². The van der Waals surface area contributed by atoms with Gasteiger partial charge in [0.25, 0.3) is 0 Å². The number of hydrogen-bond donors (Lipinski definition) is 1. The summed E-state index contributed by atoms with van der Waals surface area (Å²) in [5.74, 6) is -0.888. The zero-order valence-corrected chi connectivity index (χ0v) is 20.5. The first kappa shape index (κ1) is 26.5. The van der Waals surface area contributed by atoms with Gasteiger partial charge in [-0.1, -0.05) is 12.1 Å². The van der Waals surface area contributed by atoms with Gasteiger partial charge in [-0.25, -0.2) is 21.9 Å². The maximum Gasteiger partial charge on any atom is 0.337 e. The van der Waals surface area contributed by atoms with Gasteiger partial charge in [0, 0.05) is 42.8 Å². The van der Waals surface area contributed by atoms with Crippen LogP contribution in [0.4, 0.5) is 4.39 Å². The number of nitrogens with two attached hydrogens (primary N) is 1. The first-order chi connectivity index (χ1) is 15.1. The van der Waals surface area contributed by atoms with Crippen molar-refractivity contribution in [1.29, 1.82) is 0 Å². The van der Waals surface area contributed by atoms with E-state index in [2.05, 4.69) is 0 Å². The molecule has 7 nitrogen and oxygen atoms in total. The maximum atomic E-state index is 14.4. The fourth-order valence-corrected chi connectivity index (χ4v) is 4.61. The molecular formula is C23H27ClFN3O4S. The van der Waals surface area contributed by atoms with E-state index in [4.69, 9.17) is 10.5 Å². The number of allylic oxidation sites excluding steroid dienone is 1. The highest BCUT2D eigenvalue weighted by atomic mass is 35.5. The Morgan fingerprint density at radius 3 is 2.52 bits per heavy atom. The Morgan fingerprint density at radius 2 is 1.91 bits per heavy atom. The van der Waals surface area contributed by atoms with Crippen LogP contribution >= 0.6 is 12.4 Å². The molecule has 1 aromatic heterocycles. The molecule has 0 atom stereocenters. The zero-order chi connectivity index (χ0) is 23.6. The summed E-state index contributed by atoms with van der Waals surface area (Å²) in [5.41, 5.74) is 8.56. The minimum atomic E-state index is -3.65. The van der Waals surface area contributed by atoms with Crippen molar-refractivity contribution in [3.05, 3.63) is 65.6 Å². The monoisotopic (exact) mass is 495 g/mol. The van der Waals surface area contributed by atoms with Crippen LogP contribution in [0.25, 0.3) is 22.0 Å². The van der Waals surface area contributed by atoms with Gasteiger partial charge >= 0.3 is 5.97 Å². The molecule has 0 aliphatic rings. The fourth-order valence-electron chi connectivity index (χ4n) is 3.66. The summed E-state index contributed by atoms with van der Waals surface area (Å²) in [5, 5.41) is 0.686. The molecule has 0 radical (unpaired) electrons. The molecule has 0 saturated heterocycles. The average Bonchev–Trinajstić information content (AvgIpc) is 3.03. The van der Waals surface area contributed by atoms with Crippen LogP contribution in [-0.4, -0.2) is 51.0 Å². The van der Waals surface area contributed by atoms with E-state index < -0.39 is 16.0 Å². The summed E-state index contributed by atoms with van der Waals surface area (Å²) < 4.78 is 47.5. The molecule has 0 aliphatic heterocycles. The van der Waals surface area contributed by atoms with Crippen LogP contribution in [0.5, 0.6) is 0 Å². The Bertz CT molecular complexity index is 1320. The summed E-state index contributed by atoms with van der Waals surface area (Å²) in [6.45, 7) is 1.87. The van der Waals surface area contributed by atoms with Gasteiger partial charge in [-0.3, -0.25) is 0 Å². The van der Waals surface area contributed by atoms with E-state index in [1.165, 1.54) is 33.3 Å². The number of carbonyl (C=O) groups is 1. The number of carbonyl (C=O) groups excluding carboxylic acids is 1. The fraction of sp³-hybridized carbons (Fsp3) is 0.261. The lowest BCUT2D eigenvalue weighted by Crippen LogP contribution is -2.22. The molecule has 10 heteroatoms. The van der Waals surface area contributed by atoms with Gasteiger partial charge in [-0.15, -0.1) is 12.4 Å². The minimum Gasteiger partial charge on any atom is -0.465 e. The van der Waals surface area contributed by atoms with Crippen LogP contribution in [0.2, 0.25) is 0 Å². The SMILES string of the molecule is COC(=O)c1ccc2c(c1)c(-c1cccc(S(=O)(=O)N(C)C)c1)c(C)n2C/C(F)=C/CN.Cl. The maximum absolute atomic E-state index is 14.4. The van der Waals surface area contributed by atoms with Crippen molar-refractivity contribution in [1.82, 2.24) is 8.87 Å². The third-order valence-corrected chi connectivity index (χ3v) is 7.11. The van der Waals surface area contributed by atoms with E-state index in [9.17, 15) is 17.6 Å². The van der Waals surface area contributed by atoms with Gasteiger partial charge in [0.05, 0.1) is 24.1 Å². The van der Waals surface area contributed by atoms with Crippen LogP contribution < -0.4 is 5.73 Å². The highest BCUT2D eigenvalue weighted by molar-refractivity contribution is 7.89. The van der Waals surface area contributed by atoms with Gasteiger partial charge in [-0.2, -0.15) is 0 Å².